The van der Waals surface area contributed by atoms with Gasteiger partial charge >= 0.3 is 0 Å². The van der Waals surface area contributed by atoms with E-state index in [2.05, 4.69) is 0 Å². The molecule has 3 heteroatoms. The highest BCUT2D eigenvalue weighted by molar-refractivity contribution is 8.03. The fraction of sp³-hybridized carbons (Fsp3) is 0.500. The summed E-state index contributed by atoms with van der Waals surface area (Å²) in [6.07, 6.45) is 0. The monoisotopic (exact) mass is 116 g/mol. The third-order valence-electron chi connectivity index (χ3n) is 0.633. The van der Waals surface area contributed by atoms with Crippen molar-refractivity contribution in [1.29, 1.82) is 0 Å². The van der Waals surface area contributed by atoms with Gasteiger partial charge in [-0.3, -0.25) is 0 Å². The molecule has 0 atom stereocenters. The van der Waals surface area contributed by atoms with E-state index in [0.29, 0.717) is 11.7 Å². The first-order chi connectivity index (χ1) is 3.43. The van der Waals surface area contributed by atoms with Crippen LogP contribution in [0.15, 0.2) is 5.09 Å². The van der Waals surface area contributed by atoms with Gasteiger partial charge in [0.1, 0.15) is 0 Å². The summed E-state index contributed by atoms with van der Waals surface area (Å²) in [4.78, 5) is 9.70. The molecule has 1 aliphatic heterocycles. The Labute approximate surface area is 45.5 Å². The molecule has 2 nitrogen and oxygen atoms in total. The Morgan fingerprint density at radius 2 is 2.71 bits per heavy atom. The van der Waals surface area contributed by atoms with Crippen LogP contribution in [-0.4, -0.2) is 18.3 Å². The Kier molecular flexibility index (Phi) is 1.39. The molecule has 7 heavy (non-hydrogen) atoms. The van der Waals surface area contributed by atoms with Crippen molar-refractivity contribution in [1.82, 2.24) is 0 Å². The first-order valence-corrected chi connectivity index (χ1v) is 2.93. The molecular weight excluding hydrogens is 112 g/mol. The van der Waals surface area contributed by atoms with Crippen molar-refractivity contribution >= 4 is 17.7 Å². The van der Waals surface area contributed by atoms with Gasteiger partial charge in [0.25, 0.3) is 0 Å². The Hall–Kier alpha value is -0.400. The molecule has 0 radical (unpaired) electrons. The second kappa shape index (κ2) is 2.05. The predicted molar refractivity (Wildman–Crippen MR) is 27.6 cm³/mol. The van der Waals surface area contributed by atoms with Gasteiger partial charge in [-0.05, 0) is 0 Å². The summed E-state index contributed by atoms with van der Waals surface area (Å²) >= 11 is 1.41. The first kappa shape index (κ1) is 4.75. The average Bonchev–Trinajstić information content (AvgIpc) is 2.14. The van der Waals surface area contributed by atoms with E-state index in [4.69, 9.17) is 4.74 Å². The van der Waals surface area contributed by atoms with Crippen molar-refractivity contribution in [2.24, 2.45) is 0 Å². The maximum absolute atomic E-state index is 9.70. The van der Waals surface area contributed by atoms with Gasteiger partial charge in [0, 0.05) is 5.75 Å². The minimum atomic E-state index is 0.403. The van der Waals surface area contributed by atoms with Crippen molar-refractivity contribution in [2.45, 2.75) is 0 Å². The molecule has 0 saturated carbocycles. The molecule has 0 amide bonds. The normalized spacial score (nSPS) is 18.6. The summed E-state index contributed by atoms with van der Waals surface area (Å²) in [6, 6.07) is 0. The van der Waals surface area contributed by atoms with Crippen molar-refractivity contribution in [3.63, 3.8) is 0 Å². The lowest BCUT2D eigenvalue weighted by Gasteiger charge is -1.83. The number of hydrogen-bond acceptors (Lipinski definition) is 3. The number of hydrogen-bond donors (Lipinski definition) is 0. The third kappa shape index (κ3) is 0.981. The van der Waals surface area contributed by atoms with Gasteiger partial charge in [0.05, 0.1) is 6.61 Å². The fourth-order valence-corrected chi connectivity index (χ4v) is 0.947. The van der Waals surface area contributed by atoms with Gasteiger partial charge < -0.3 is 4.74 Å². The molecule has 1 saturated heterocycles. The van der Waals surface area contributed by atoms with E-state index >= 15 is 0 Å². The third-order valence-corrected chi connectivity index (χ3v) is 1.47. The van der Waals surface area contributed by atoms with Crippen LogP contribution in [0, 0.1) is 0 Å². The summed E-state index contributed by atoms with van der Waals surface area (Å²) in [6.45, 7) is 0.662. The molecule has 0 aromatic rings. The molecule has 0 N–H and O–H groups in total. The quantitative estimate of drug-likeness (QED) is 0.429. The number of ether oxygens (including phenoxy) is 1. The standard InChI is InChI=1S/C4H4O2S/c5-3-4-6-1-2-7-4/h1-2H2. The molecule has 0 aromatic carbocycles. The Morgan fingerprint density at radius 3 is 3.00 bits per heavy atom. The average molecular weight is 116 g/mol. The van der Waals surface area contributed by atoms with E-state index in [1.807, 2.05) is 0 Å². The molecule has 0 aromatic heterocycles. The highest BCUT2D eigenvalue weighted by Crippen LogP contribution is 2.19. The SMILES string of the molecule is O=C=C1OCCS1. The zero-order valence-electron chi connectivity index (χ0n) is 3.64. The predicted octanol–water partition coefficient (Wildman–Crippen LogP) is 0.423. The molecule has 0 spiro atoms. The van der Waals surface area contributed by atoms with Crippen molar-refractivity contribution < 1.29 is 9.53 Å². The Bertz CT molecular complexity index is 107. The van der Waals surface area contributed by atoms with Gasteiger partial charge in [-0.15, -0.1) is 0 Å². The van der Waals surface area contributed by atoms with E-state index in [9.17, 15) is 4.79 Å². The molecule has 38 valence electrons. The zero-order chi connectivity index (χ0) is 5.11. The van der Waals surface area contributed by atoms with Gasteiger partial charge in [-0.1, -0.05) is 11.8 Å². The van der Waals surface area contributed by atoms with Gasteiger partial charge in [0.2, 0.25) is 5.09 Å². The van der Waals surface area contributed by atoms with Crippen molar-refractivity contribution in [3.8, 4) is 0 Å². The lowest BCUT2D eigenvalue weighted by atomic mass is 10.9. The Balaban J connectivity index is 2.57. The topological polar surface area (TPSA) is 26.3 Å². The molecule has 1 aliphatic rings. The Morgan fingerprint density at radius 1 is 1.86 bits per heavy atom. The minimum absolute atomic E-state index is 0.403. The zero-order valence-corrected chi connectivity index (χ0v) is 4.46. The van der Waals surface area contributed by atoms with Crippen LogP contribution in [0.4, 0.5) is 0 Å². The van der Waals surface area contributed by atoms with E-state index < -0.39 is 0 Å². The van der Waals surface area contributed by atoms with Gasteiger partial charge in [-0.2, -0.15) is 0 Å². The highest BCUT2D eigenvalue weighted by atomic mass is 32.2. The van der Waals surface area contributed by atoms with Crippen LogP contribution >= 0.6 is 11.8 Å². The van der Waals surface area contributed by atoms with Crippen LogP contribution < -0.4 is 0 Å². The van der Waals surface area contributed by atoms with Crippen LogP contribution in [0.3, 0.4) is 0 Å². The van der Waals surface area contributed by atoms with Crippen LogP contribution in [-0.2, 0) is 9.53 Å². The molecular formula is C4H4O2S. The van der Waals surface area contributed by atoms with Gasteiger partial charge in [-0.25, -0.2) is 4.79 Å². The number of thioether (sulfide) groups is 1. The maximum atomic E-state index is 9.70. The largest absolute Gasteiger partial charge is 0.478 e. The summed E-state index contributed by atoms with van der Waals surface area (Å²) in [5.41, 5.74) is 0. The van der Waals surface area contributed by atoms with Crippen LogP contribution in [0.2, 0.25) is 0 Å². The smallest absolute Gasteiger partial charge is 0.239 e. The summed E-state index contributed by atoms with van der Waals surface area (Å²) in [5, 5.41) is 0.403. The van der Waals surface area contributed by atoms with E-state index in [0.717, 1.165) is 5.75 Å². The van der Waals surface area contributed by atoms with Crippen molar-refractivity contribution in [2.75, 3.05) is 12.4 Å². The maximum Gasteiger partial charge on any atom is 0.239 e. The molecule has 0 aliphatic carbocycles. The second-order valence-corrected chi connectivity index (χ2v) is 2.15. The second-order valence-electron chi connectivity index (χ2n) is 1.09. The highest BCUT2D eigenvalue weighted by Gasteiger charge is 2.06. The van der Waals surface area contributed by atoms with Crippen LogP contribution in [0.1, 0.15) is 0 Å². The molecule has 0 unspecified atom stereocenters. The lowest BCUT2D eigenvalue weighted by molar-refractivity contribution is 0.277. The van der Waals surface area contributed by atoms with Crippen LogP contribution in [0.5, 0.6) is 0 Å². The minimum Gasteiger partial charge on any atom is -0.478 e. The molecule has 1 heterocycles. The van der Waals surface area contributed by atoms with E-state index in [-0.39, 0.29) is 0 Å². The number of rotatable bonds is 0. The molecule has 1 rings (SSSR count). The first-order valence-electron chi connectivity index (χ1n) is 1.94. The van der Waals surface area contributed by atoms with Gasteiger partial charge in [0.15, 0.2) is 5.94 Å². The van der Waals surface area contributed by atoms with Crippen molar-refractivity contribution in [3.05, 3.63) is 5.09 Å². The summed E-state index contributed by atoms with van der Waals surface area (Å²) in [7, 11) is 0. The molecule has 0 bridgehead atoms. The number of carbonyl (C=O) groups excluding carboxylic acids is 1. The van der Waals surface area contributed by atoms with E-state index in [1.165, 1.54) is 11.8 Å². The lowest BCUT2D eigenvalue weighted by Crippen LogP contribution is -1.78. The molecule has 1 fully saturated rings. The fourth-order valence-electron chi connectivity index (χ4n) is 0.369. The van der Waals surface area contributed by atoms with E-state index in [1.54, 1.807) is 5.94 Å². The summed E-state index contributed by atoms with van der Waals surface area (Å²) in [5.74, 6) is 2.56. The van der Waals surface area contributed by atoms with Crippen LogP contribution in [0.25, 0.3) is 0 Å². The summed E-state index contributed by atoms with van der Waals surface area (Å²) < 4.78 is 4.76.